The lowest BCUT2D eigenvalue weighted by Crippen LogP contribution is -2.45. The Bertz CT molecular complexity index is 587. The molecular weight excluding hydrogens is 328 g/mol. The van der Waals surface area contributed by atoms with Crippen LogP contribution in [0.3, 0.4) is 0 Å². The minimum atomic E-state index is -0.364. The van der Waals surface area contributed by atoms with Crippen molar-refractivity contribution in [1.29, 1.82) is 0 Å². The number of piperidine rings is 1. The highest BCUT2D eigenvalue weighted by molar-refractivity contribution is 5.40. The summed E-state index contributed by atoms with van der Waals surface area (Å²) in [6.07, 6.45) is 3.97. The number of rotatable bonds is 6. The maximum atomic E-state index is 10.3. The summed E-state index contributed by atoms with van der Waals surface area (Å²) in [5.41, 5.74) is 1.05. The van der Waals surface area contributed by atoms with E-state index >= 15 is 0 Å². The van der Waals surface area contributed by atoms with E-state index in [1.54, 1.807) is 0 Å². The quantitative estimate of drug-likeness (QED) is 0.837. The highest BCUT2D eigenvalue weighted by Gasteiger charge is 2.37. The summed E-state index contributed by atoms with van der Waals surface area (Å²) in [6.45, 7) is 11.9. The summed E-state index contributed by atoms with van der Waals surface area (Å²) in [6, 6.07) is 2.63. The maximum Gasteiger partial charge on any atom is 0.132 e. The van der Waals surface area contributed by atoms with Gasteiger partial charge in [0.2, 0.25) is 0 Å². The summed E-state index contributed by atoms with van der Waals surface area (Å²) in [5, 5.41) is 10.3. The van der Waals surface area contributed by atoms with Crippen molar-refractivity contribution in [2.75, 3.05) is 31.1 Å². The summed E-state index contributed by atoms with van der Waals surface area (Å²) < 4.78 is 5.87. The van der Waals surface area contributed by atoms with Crippen LogP contribution in [0.15, 0.2) is 6.07 Å². The fourth-order valence-electron chi connectivity index (χ4n) is 4.14. The number of aryl methyl sites for hydroxylation is 2. The lowest BCUT2D eigenvalue weighted by atomic mass is 10.0. The van der Waals surface area contributed by atoms with Gasteiger partial charge < -0.3 is 14.7 Å². The number of aromatic nitrogens is 2. The van der Waals surface area contributed by atoms with E-state index in [-0.39, 0.29) is 18.3 Å². The number of ether oxygens (including phenoxy) is 1. The minimum absolute atomic E-state index is 0.0471. The van der Waals surface area contributed by atoms with Crippen molar-refractivity contribution >= 4 is 5.82 Å². The van der Waals surface area contributed by atoms with Gasteiger partial charge in [-0.3, -0.25) is 4.90 Å². The van der Waals surface area contributed by atoms with Gasteiger partial charge in [0, 0.05) is 50.4 Å². The van der Waals surface area contributed by atoms with E-state index in [1.165, 1.54) is 0 Å². The van der Waals surface area contributed by atoms with Gasteiger partial charge in [-0.1, -0.05) is 6.92 Å². The highest BCUT2D eigenvalue weighted by Crippen LogP contribution is 2.26. The van der Waals surface area contributed by atoms with Gasteiger partial charge in [-0.25, -0.2) is 9.97 Å². The van der Waals surface area contributed by atoms with Gasteiger partial charge in [-0.15, -0.1) is 0 Å². The molecule has 2 aliphatic rings. The van der Waals surface area contributed by atoms with E-state index in [0.29, 0.717) is 6.04 Å². The average Bonchev–Trinajstić information content (AvgIpc) is 2.95. The molecule has 1 N–H and O–H groups in total. The SMILES string of the molecule is CCCc1nc(C)cc(N2CCC(N3C[C@@H](O)[C@H](OC(C)C)C3)CC2)n1. The molecule has 3 rings (SSSR count). The monoisotopic (exact) mass is 362 g/mol. The van der Waals surface area contributed by atoms with Gasteiger partial charge in [-0.2, -0.15) is 0 Å². The number of nitrogens with zero attached hydrogens (tertiary/aromatic N) is 4. The third-order valence-corrected chi connectivity index (χ3v) is 5.38. The zero-order chi connectivity index (χ0) is 18.7. The second kappa shape index (κ2) is 8.63. The first-order valence-corrected chi connectivity index (χ1v) is 10.1. The molecule has 3 heterocycles. The molecule has 0 unspecified atom stereocenters. The number of likely N-dealkylation sites (tertiary alicyclic amines) is 1. The van der Waals surface area contributed by atoms with Crippen molar-refractivity contribution in [3.63, 3.8) is 0 Å². The van der Waals surface area contributed by atoms with Crippen LogP contribution in [0.4, 0.5) is 5.82 Å². The average molecular weight is 363 g/mol. The van der Waals surface area contributed by atoms with Crippen molar-refractivity contribution in [1.82, 2.24) is 14.9 Å². The lowest BCUT2D eigenvalue weighted by molar-refractivity contribution is -0.0399. The minimum Gasteiger partial charge on any atom is -0.389 e. The number of β-amino-alcohol motifs (C(OH)–C–C–N with tert-alkyl or cyclic N) is 1. The van der Waals surface area contributed by atoms with E-state index in [0.717, 1.165) is 69.2 Å². The Morgan fingerprint density at radius 1 is 1.23 bits per heavy atom. The first-order chi connectivity index (χ1) is 12.5. The molecular formula is C20H34N4O2. The number of aliphatic hydroxyl groups is 1. The molecule has 0 radical (unpaired) electrons. The van der Waals surface area contributed by atoms with Crippen LogP contribution in [0.5, 0.6) is 0 Å². The number of hydrogen-bond acceptors (Lipinski definition) is 6. The molecule has 0 amide bonds. The van der Waals surface area contributed by atoms with Crippen molar-refractivity contribution in [2.24, 2.45) is 0 Å². The van der Waals surface area contributed by atoms with Gasteiger partial charge in [0.1, 0.15) is 11.6 Å². The Hall–Kier alpha value is -1.24. The molecule has 0 bridgehead atoms. The van der Waals surface area contributed by atoms with Gasteiger partial charge in [-0.05, 0) is 40.0 Å². The molecule has 0 aliphatic carbocycles. The van der Waals surface area contributed by atoms with Crippen LogP contribution in [0.25, 0.3) is 0 Å². The van der Waals surface area contributed by atoms with Gasteiger partial charge >= 0.3 is 0 Å². The Balaban J connectivity index is 1.56. The second-order valence-corrected chi connectivity index (χ2v) is 8.00. The highest BCUT2D eigenvalue weighted by atomic mass is 16.5. The first-order valence-electron chi connectivity index (χ1n) is 10.1. The molecule has 2 aliphatic heterocycles. The fourth-order valence-corrected chi connectivity index (χ4v) is 4.14. The standard InChI is InChI=1S/C20H34N4O2/c1-5-6-19-21-15(4)11-20(22-19)23-9-7-16(8-10-23)24-12-17(25)18(13-24)26-14(2)3/h11,14,16-18,25H,5-10,12-13H2,1-4H3/t17-,18-/m1/s1. The second-order valence-electron chi connectivity index (χ2n) is 8.00. The molecule has 0 spiro atoms. The van der Waals surface area contributed by atoms with E-state index < -0.39 is 0 Å². The smallest absolute Gasteiger partial charge is 0.132 e. The predicted octanol–water partition coefficient (Wildman–Crippen LogP) is 2.18. The molecule has 1 aromatic heterocycles. The summed E-state index contributed by atoms with van der Waals surface area (Å²) >= 11 is 0. The molecule has 2 fully saturated rings. The first kappa shape index (κ1) is 19.5. The van der Waals surface area contributed by atoms with Gasteiger partial charge in [0.25, 0.3) is 0 Å². The van der Waals surface area contributed by atoms with Gasteiger partial charge in [0.05, 0.1) is 18.3 Å². The zero-order valence-electron chi connectivity index (χ0n) is 16.7. The summed E-state index contributed by atoms with van der Waals surface area (Å²) in [4.78, 5) is 14.1. The lowest BCUT2D eigenvalue weighted by Gasteiger charge is -2.37. The van der Waals surface area contributed by atoms with Crippen LogP contribution >= 0.6 is 0 Å². The summed E-state index contributed by atoms with van der Waals surface area (Å²) in [7, 11) is 0. The molecule has 6 heteroatoms. The Morgan fingerprint density at radius 2 is 1.96 bits per heavy atom. The molecule has 0 aromatic carbocycles. The topological polar surface area (TPSA) is 61.7 Å². The Labute approximate surface area is 157 Å². The molecule has 2 saturated heterocycles. The largest absolute Gasteiger partial charge is 0.389 e. The van der Waals surface area contributed by atoms with Crippen LogP contribution in [0.2, 0.25) is 0 Å². The van der Waals surface area contributed by atoms with Crippen LogP contribution in [0.1, 0.15) is 51.6 Å². The van der Waals surface area contributed by atoms with Crippen LogP contribution in [-0.4, -0.2) is 70.5 Å². The van der Waals surface area contributed by atoms with Crippen molar-refractivity contribution < 1.29 is 9.84 Å². The maximum absolute atomic E-state index is 10.3. The van der Waals surface area contributed by atoms with E-state index in [2.05, 4.69) is 34.7 Å². The summed E-state index contributed by atoms with van der Waals surface area (Å²) in [5.74, 6) is 2.03. The number of aliphatic hydroxyl groups excluding tert-OH is 1. The molecule has 26 heavy (non-hydrogen) atoms. The van der Waals surface area contributed by atoms with E-state index in [9.17, 15) is 5.11 Å². The van der Waals surface area contributed by atoms with Crippen molar-refractivity contribution in [2.45, 2.75) is 77.7 Å². The van der Waals surface area contributed by atoms with Crippen LogP contribution in [-0.2, 0) is 11.2 Å². The molecule has 2 atom stereocenters. The molecule has 146 valence electrons. The van der Waals surface area contributed by atoms with E-state index in [1.807, 2.05) is 13.8 Å². The zero-order valence-corrected chi connectivity index (χ0v) is 16.7. The van der Waals surface area contributed by atoms with Crippen molar-refractivity contribution in [3.8, 4) is 0 Å². The predicted molar refractivity (Wildman–Crippen MR) is 104 cm³/mol. The Kier molecular flexibility index (Phi) is 6.48. The molecule has 1 aromatic rings. The van der Waals surface area contributed by atoms with E-state index in [4.69, 9.17) is 9.72 Å². The number of hydrogen-bond donors (Lipinski definition) is 1. The van der Waals surface area contributed by atoms with Crippen LogP contribution in [0, 0.1) is 6.92 Å². The molecule has 6 nitrogen and oxygen atoms in total. The fraction of sp³-hybridized carbons (Fsp3) is 0.800. The normalized spacial score (nSPS) is 25.4. The van der Waals surface area contributed by atoms with Crippen LogP contribution < -0.4 is 4.90 Å². The van der Waals surface area contributed by atoms with Crippen molar-refractivity contribution in [3.05, 3.63) is 17.6 Å². The third kappa shape index (κ3) is 4.72. The van der Waals surface area contributed by atoms with Gasteiger partial charge in [0.15, 0.2) is 0 Å². The molecule has 0 saturated carbocycles. The Morgan fingerprint density at radius 3 is 2.62 bits per heavy atom. The number of anilines is 1. The third-order valence-electron chi connectivity index (χ3n) is 5.38.